The van der Waals surface area contributed by atoms with Crippen molar-refractivity contribution in [2.45, 2.75) is 65.5 Å². The van der Waals surface area contributed by atoms with E-state index in [0.717, 1.165) is 45.7 Å². The molecule has 0 saturated heterocycles. The molecule has 0 bridgehead atoms. The molecule has 0 aliphatic heterocycles. The van der Waals surface area contributed by atoms with Crippen molar-refractivity contribution >= 4 is 21.6 Å². The predicted octanol–water partition coefficient (Wildman–Crippen LogP) is 5.63. The number of rotatable bonds is 13. The Morgan fingerprint density at radius 3 is 2.40 bits per heavy atom. The predicted molar refractivity (Wildman–Crippen MR) is 168 cm³/mol. The maximum absolute atomic E-state index is 11.9. The van der Waals surface area contributed by atoms with Crippen LogP contribution in [0.2, 0.25) is 0 Å². The molecule has 3 aromatic rings. The first-order valence-electron chi connectivity index (χ1n) is 14.5. The summed E-state index contributed by atoms with van der Waals surface area (Å²) in [7, 11) is -1.59. The molecule has 0 amide bonds. The van der Waals surface area contributed by atoms with Gasteiger partial charge >= 0.3 is 5.97 Å². The summed E-state index contributed by atoms with van der Waals surface area (Å²) in [5, 5.41) is 0. The lowest BCUT2D eigenvalue weighted by atomic mass is 9.94. The minimum absolute atomic E-state index is 0.0562. The van der Waals surface area contributed by atoms with Gasteiger partial charge in [-0.05, 0) is 93.5 Å². The average Bonchev–Trinajstić information content (AvgIpc) is 3.73. The molecule has 1 aromatic heterocycles. The van der Waals surface area contributed by atoms with Crippen molar-refractivity contribution < 1.29 is 27.4 Å². The summed E-state index contributed by atoms with van der Waals surface area (Å²) < 4.78 is 39.7. The van der Waals surface area contributed by atoms with Crippen molar-refractivity contribution in [3.63, 3.8) is 0 Å². The van der Waals surface area contributed by atoms with Crippen LogP contribution in [-0.4, -0.2) is 62.4 Å². The molecule has 232 valence electrons. The SMILES string of the molecule is COC(=O)[C@H]1C[C@@H]1c1cnc(N(COC(C)(C)C)Cc2cccc(-c3c(C)cc(OCCCS(C)(=O)=O)cc3C)c2)cn1. The van der Waals surface area contributed by atoms with Crippen LogP contribution in [0.4, 0.5) is 5.82 Å². The molecule has 1 saturated carbocycles. The molecular formula is C33H43N3O6S. The van der Waals surface area contributed by atoms with Gasteiger partial charge in [0.2, 0.25) is 0 Å². The Balaban J connectivity index is 1.51. The molecule has 0 radical (unpaired) electrons. The highest BCUT2D eigenvalue weighted by atomic mass is 32.2. The van der Waals surface area contributed by atoms with Crippen molar-refractivity contribution in [1.29, 1.82) is 0 Å². The highest BCUT2D eigenvalue weighted by molar-refractivity contribution is 7.90. The molecule has 0 unspecified atom stereocenters. The van der Waals surface area contributed by atoms with E-state index in [0.29, 0.717) is 32.1 Å². The first-order chi connectivity index (χ1) is 20.2. The Bertz CT molecular complexity index is 1510. The summed E-state index contributed by atoms with van der Waals surface area (Å²) in [6.45, 7) is 11.4. The molecule has 2 atom stereocenters. The molecule has 10 heteroatoms. The number of ether oxygens (including phenoxy) is 3. The molecule has 1 aliphatic rings. The van der Waals surface area contributed by atoms with Crippen molar-refractivity contribution in [2.75, 3.05) is 37.4 Å². The zero-order valence-electron chi connectivity index (χ0n) is 26.2. The van der Waals surface area contributed by atoms with Crippen LogP contribution < -0.4 is 9.64 Å². The van der Waals surface area contributed by atoms with E-state index in [-0.39, 0.29) is 29.2 Å². The van der Waals surface area contributed by atoms with Crippen molar-refractivity contribution in [3.8, 4) is 16.9 Å². The molecule has 4 rings (SSSR count). The van der Waals surface area contributed by atoms with Gasteiger partial charge in [-0.2, -0.15) is 0 Å². The van der Waals surface area contributed by atoms with Crippen LogP contribution in [0.1, 0.15) is 61.9 Å². The Kier molecular flexibility index (Phi) is 10.1. The minimum atomic E-state index is -3.00. The van der Waals surface area contributed by atoms with Gasteiger partial charge in [-0.25, -0.2) is 13.4 Å². The van der Waals surface area contributed by atoms with Crippen LogP contribution in [-0.2, 0) is 30.7 Å². The van der Waals surface area contributed by atoms with Gasteiger partial charge in [0.05, 0.1) is 49.1 Å². The number of benzene rings is 2. The van der Waals surface area contributed by atoms with Gasteiger partial charge in [0, 0.05) is 18.7 Å². The molecule has 2 aromatic carbocycles. The van der Waals surface area contributed by atoms with Crippen molar-refractivity contribution in [3.05, 3.63) is 71.2 Å². The second kappa shape index (κ2) is 13.4. The number of esters is 1. The lowest BCUT2D eigenvalue weighted by Gasteiger charge is -2.28. The Labute approximate surface area is 255 Å². The number of methoxy groups -OCH3 is 1. The van der Waals surface area contributed by atoms with Crippen LogP contribution in [0.15, 0.2) is 48.8 Å². The topological polar surface area (TPSA) is 108 Å². The summed E-state index contributed by atoms with van der Waals surface area (Å²) >= 11 is 0. The minimum Gasteiger partial charge on any atom is -0.494 e. The first kappa shape index (κ1) is 32.4. The third-order valence-electron chi connectivity index (χ3n) is 7.33. The van der Waals surface area contributed by atoms with E-state index in [2.05, 4.69) is 48.0 Å². The van der Waals surface area contributed by atoms with Crippen molar-refractivity contribution in [1.82, 2.24) is 9.97 Å². The molecule has 0 N–H and O–H groups in total. The van der Waals surface area contributed by atoms with Gasteiger partial charge in [-0.15, -0.1) is 0 Å². The zero-order valence-corrected chi connectivity index (χ0v) is 27.0. The number of hydrogen-bond acceptors (Lipinski definition) is 9. The Morgan fingerprint density at radius 1 is 1.07 bits per heavy atom. The van der Waals surface area contributed by atoms with Gasteiger partial charge in [-0.1, -0.05) is 18.2 Å². The fourth-order valence-electron chi connectivity index (χ4n) is 5.10. The molecule has 1 aliphatic carbocycles. The van der Waals surface area contributed by atoms with E-state index < -0.39 is 9.84 Å². The van der Waals surface area contributed by atoms with Gasteiger partial charge in [-0.3, -0.25) is 9.78 Å². The summed E-state index contributed by atoms with van der Waals surface area (Å²) in [5.74, 6) is 1.26. The normalized spacial score (nSPS) is 16.5. The fraction of sp³-hybridized carbons (Fsp3) is 0.485. The second-order valence-electron chi connectivity index (χ2n) is 12.3. The number of hydrogen-bond donors (Lipinski definition) is 0. The molecule has 1 fully saturated rings. The van der Waals surface area contributed by atoms with Gasteiger partial charge < -0.3 is 19.1 Å². The van der Waals surface area contributed by atoms with Crippen LogP contribution in [0.5, 0.6) is 5.75 Å². The number of anilines is 1. The van der Waals surface area contributed by atoms with E-state index in [4.69, 9.17) is 19.2 Å². The smallest absolute Gasteiger partial charge is 0.309 e. The third kappa shape index (κ3) is 9.24. The third-order valence-corrected chi connectivity index (χ3v) is 8.36. The molecule has 43 heavy (non-hydrogen) atoms. The van der Waals surface area contributed by atoms with E-state index in [1.807, 2.05) is 32.9 Å². The Hall–Kier alpha value is -3.50. The van der Waals surface area contributed by atoms with E-state index in [1.165, 1.54) is 13.4 Å². The standard InChI is InChI=1S/C33H43N3O6S/c1-22-14-26(41-12-9-13-43(7,38)39)15-23(2)31(22)25-11-8-10-24(16-25)20-36(21-42-33(3,4)5)30-19-34-29(18-35-30)27-17-28(27)32(37)40-6/h8,10-11,14-16,18-19,27-28H,9,12-13,17,20-21H2,1-7H3/t27-,28-/m0/s1. The average molecular weight is 610 g/mol. The monoisotopic (exact) mass is 609 g/mol. The van der Waals surface area contributed by atoms with Gasteiger partial charge in [0.1, 0.15) is 28.1 Å². The number of nitrogens with zero attached hydrogens (tertiary/aromatic N) is 3. The zero-order chi connectivity index (χ0) is 31.4. The number of aryl methyl sites for hydroxylation is 2. The lowest BCUT2D eigenvalue weighted by Crippen LogP contribution is -2.32. The number of sulfone groups is 1. The van der Waals surface area contributed by atoms with Crippen LogP contribution in [0.25, 0.3) is 11.1 Å². The van der Waals surface area contributed by atoms with Crippen LogP contribution in [0.3, 0.4) is 0 Å². The highest BCUT2D eigenvalue weighted by Gasteiger charge is 2.46. The van der Waals surface area contributed by atoms with Crippen LogP contribution >= 0.6 is 0 Å². The van der Waals surface area contributed by atoms with E-state index in [1.54, 1.807) is 12.4 Å². The van der Waals surface area contributed by atoms with Gasteiger partial charge in [0.25, 0.3) is 0 Å². The summed E-state index contributed by atoms with van der Waals surface area (Å²) in [6.07, 6.45) is 5.93. The number of carbonyl (C=O) groups excluding carboxylic acids is 1. The lowest BCUT2D eigenvalue weighted by molar-refractivity contribution is -0.142. The van der Waals surface area contributed by atoms with E-state index in [9.17, 15) is 13.2 Å². The largest absolute Gasteiger partial charge is 0.494 e. The fourth-order valence-corrected chi connectivity index (χ4v) is 5.75. The molecular weight excluding hydrogens is 566 g/mol. The molecule has 9 nitrogen and oxygen atoms in total. The second-order valence-corrected chi connectivity index (χ2v) is 14.6. The maximum Gasteiger partial charge on any atom is 0.309 e. The van der Waals surface area contributed by atoms with E-state index >= 15 is 0 Å². The first-order valence-corrected chi connectivity index (χ1v) is 16.6. The van der Waals surface area contributed by atoms with Crippen molar-refractivity contribution in [2.24, 2.45) is 5.92 Å². The summed E-state index contributed by atoms with van der Waals surface area (Å²) in [5.41, 5.74) is 5.94. The molecule has 1 heterocycles. The highest BCUT2D eigenvalue weighted by Crippen LogP contribution is 2.47. The van der Waals surface area contributed by atoms with Gasteiger partial charge in [0.15, 0.2) is 0 Å². The summed E-state index contributed by atoms with van der Waals surface area (Å²) in [6, 6.07) is 12.4. The number of aromatic nitrogens is 2. The molecule has 0 spiro atoms. The quantitative estimate of drug-likeness (QED) is 0.138. The van der Waals surface area contributed by atoms with Crippen LogP contribution in [0, 0.1) is 19.8 Å². The summed E-state index contributed by atoms with van der Waals surface area (Å²) in [4.78, 5) is 23.3. The maximum atomic E-state index is 11.9. The Morgan fingerprint density at radius 2 is 1.79 bits per heavy atom. The number of carbonyl (C=O) groups is 1.